The van der Waals surface area contributed by atoms with Crippen molar-refractivity contribution < 1.29 is 23.5 Å². The fourth-order valence-electron chi connectivity index (χ4n) is 2.13. The summed E-state index contributed by atoms with van der Waals surface area (Å²) >= 11 is 1.49. The lowest BCUT2D eigenvalue weighted by molar-refractivity contribution is -0.132. The molecule has 140 valence electrons. The van der Waals surface area contributed by atoms with E-state index in [2.05, 4.69) is 15.8 Å². The van der Waals surface area contributed by atoms with E-state index >= 15 is 0 Å². The number of carbonyl (C=O) groups excluding carboxylic acids is 2. The number of rotatable bonds is 7. The Hall–Kier alpha value is -3.04. The van der Waals surface area contributed by atoms with Gasteiger partial charge in [-0.3, -0.25) is 20.4 Å². The van der Waals surface area contributed by atoms with E-state index in [1.807, 2.05) is 24.3 Å². The molecule has 2 amide bonds. The molecule has 0 atom stereocenters. The summed E-state index contributed by atoms with van der Waals surface area (Å²) in [6, 6.07) is 13.4. The van der Waals surface area contributed by atoms with Crippen molar-refractivity contribution in [1.82, 2.24) is 15.8 Å². The van der Waals surface area contributed by atoms with Crippen LogP contribution in [0, 0.1) is 5.82 Å². The highest BCUT2D eigenvalue weighted by Gasteiger charge is 2.09. The van der Waals surface area contributed by atoms with Crippen molar-refractivity contribution in [2.24, 2.45) is 0 Å². The van der Waals surface area contributed by atoms with Crippen molar-refractivity contribution in [3.05, 3.63) is 59.4 Å². The van der Waals surface area contributed by atoms with E-state index in [4.69, 9.17) is 9.47 Å². The van der Waals surface area contributed by atoms with Crippen LogP contribution in [-0.2, 0) is 20.9 Å². The van der Waals surface area contributed by atoms with E-state index in [-0.39, 0.29) is 19.0 Å². The standard InChI is InChI=1S/C18H16FN3O4S/c19-12-5-1-3-7-14(12)26-10-17(24)22-21-16(23)9-25-11-18-20-13-6-2-4-8-15(13)27-18/h1-8H,9-11H2,(H,21,23)(H,22,24). The molecule has 0 aliphatic carbocycles. The van der Waals surface area contributed by atoms with Crippen LogP contribution in [0.1, 0.15) is 5.01 Å². The number of aromatic nitrogens is 1. The van der Waals surface area contributed by atoms with E-state index < -0.39 is 24.2 Å². The van der Waals surface area contributed by atoms with Crippen LogP contribution < -0.4 is 15.6 Å². The van der Waals surface area contributed by atoms with E-state index in [1.54, 1.807) is 6.07 Å². The van der Waals surface area contributed by atoms with Gasteiger partial charge in [0.15, 0.2) is 18.2 Å². The zero-order chi connectivity index (χ0) is 19.1. The number of para-hydroxylation sites is 2. The largest absolute Gasteiger partial charge is 0.481 e. The second-order valence-corrected chi connectivity index (χ2v) is 6.50. The second kappa shape index (κ2) is 9.06. The minimum absolute atomic E-state index is 0.0434. The SMILES string of the molecule is O=C(COCc1nc2ccccc2s1)NNC(=O)COc1ccccc1F. The molecule has 7 nitrogen and oxygen atoms in total. The van der Waals surface area contributed by atoms with Gasteiger partial charge in [-0.25, -0.2) is 9.37 Å². The average molecular weight is 389 g/mol. The van der Waals surface area contributed by atoms with Crippen molar-refractivity contribution in [1.29, 1.82) is 0 Å². The van der Waals surface area contributed by atoms with Crippen LogP contribution in [0.5, 0.6) is 5.75 Å². The molecule has 0 fully saturated rings. The summed E-state index contributed by atoms with van der Waals surface area (Å²) < 4.78 is 24.7. The third-order valence-corrected chi connectivity index (χ3v) is 4.34. The average Bonchev–Trinajstić information content (AvgIpc) is 3.08. The second-order valence-electron chi connectivity index (χ2n) is 5.38. The van der Waals surface area contributed by atoms with Gasteiger partial charge in [0.1, 0.15) is 11.6 Å². The van der Waals surface area contributed by atoms with Crippen LogP contribution in [0.25, 0.3) is 10.2 Å². The van der Waals surface area contributed by atoms with E-state index in [0.717, 1.165) is 15.2 Å². The third kappa shape index (κ3) is 5.47. The molecular weight excluding hydrogens is 373 g/mol. The maximum atomic E-state index is 13.4. The number of hydrogen-bond donors (Lipinski definition) is 2. The van der Waals surface area contributed by atoms with Gasteiger partial charge in [-0.2, -0.15) is 0 Å². The Bertz CT molecular complexity index is 914. The molecule has 2 aromatic carbocycles. The van der Waals surface area contributed by atoms with Crippen molar-refractivity contribution in [2.75, 3.05) is 13.2 Å². The Morgan fingerprint density at radius 2 is 1.70 bits per heavy atom. The van der Waals surface area contributed by atoms with Gasteiger partial charge in [0.05, 0.1) is 16.8 Å². The normalized spacial score (nSPS) is 10.6. The first-order chi connectivity index (χ1) is 13.1. The highest BCUT2D eigenvalue weighted by atomic mass is 32.1. The number of hydrazine groups is 1. The number of carbonyl (C=O) groups is 2. The summed E-state index contributed by atoms with van der Waals surface area (Å²) in [7, 11) is 0. The summed E-state index contributed by atoms with van der Waals surface area (Å²) in [6.07, 6.45) is 0. The first kappa shape index (κ1) is 18.7. The molecule has 9 heteroatoms. The van der Waals surface area contributed by atoms with Crippen molar-refractivity contribution in [3.8, 4) is 5.75 Å². The minimum atomic E-state index is -0.627. The summed E-state index contributed by atoms with van der Waals surface area (Å²) in [6.45, 7) is -0.491. The highest BCUT2D eigenvalue weighted by molar-refractivity contribution is 7.18. The third-order valence-electron chi connectivity index (χ3n) is 3.33. The molecule has 0 spiro atoms. The Balaban J connectivity index is 1.34. The maximum Gasteiger partial charge on any atom is 0.276 e. The van der Waals surface area contributed by atoms with Gasteiger partial charge >= 0.3 is 0 Å². The number of thiazole rings is 1. The molecule has 0 unspecified atom stereocenters. The zero-order valence-electron chi connectivity index (χ0n) is 14.1. The molecule has 2 N–H and O–H groups in total. The van der Waals surface area contributed by atoms with Crippen molar-refractivity contribution in [2.45, 2.75) is 6.61 Å². The Kier molecular flexibility index (Phi) is 6.29. The van der Waals surface area contributed by atoms with Crippen LogP contribution in [-0.4, -0.2) is 30.0 Å². The van der Waals surface area contributed by atoms with Crippen LogP contribution >= 0.6 is 11.3 Å². The molecule has 0 radical (unpaired) electrons. The molecule has 1 aromatic heterocycles. The van der Waals surface area contributed by atoms with Gasteiger partial charge in [-0.05, 0) is 24.3 Å². The first-order valence-corrected chi connectivity index (χ1v) is 8.80. The smallest absolute Gasteiger partial charge is 0.276 e. The van der Waals surface area contributed by atoms with E-state index in [0.29, 0.717) is 0 Å². The lowest BCUT2D eigenvalue weighted by Gasteiger charge is -2.09. The van der Waals surface area contributed by atoms with Crippen LogP contribution in [0.15, 0.2) is 48.5 Å². The van der Waals surface area contributed by atoms with Gasteiger partial charge in [-0.1, -0.05) is 24.3 Å². The molecule has 0 aliphatic heterocycles. The molecule has 0 aliphatic rings. The lowest BCUT2D eigenvalue weighted by atomic mass is 10.3. The van der Waals surface area contributed by atoms with E-state index in [9.17, 15) is 14.0 Å². The van der Waals surface area contributed by atoms with Crippen LogP contribution in [0.4, 0.5) is 4.39 Å². The predicted molar refractivity (Wildman–Crippen MR) is 97.5 cm³/mol. The van der Waals surface area contributed by atoms with Crippen molar-refractivity contribution >= 4 is 33.4 Å². The number of hydrogen-bond acceptors (Lipinski definition) is 6. The number of amides is 2. The van der Waals surface area contributed by atoms with Crippen LogP contribution in [0.3, 0.4) is 0 Å². The molecule has 0 saturated heterocycles. The fourth-order valence-corrected chi connectivity index (χ4v) is 3.03. The van der Waals surface area contributed by atoms with Crippen molar-refractivity contribution in [3.63, 3.8) is 0 Å². The topological polar surface area (TPSA) is 89.5 Å². The predicted octanol–water partition coefficient (Wildman–Crippen LogP) is 2.18. The van der Waals surface area contributed by atoms with E-state index in [1.165, 1.54) is 29.5 Å². The van der Waals surface area contributed by atoms with Gasteiger partial charge in [0.2, 0.25) is 0 Å². The molecule has 0 saturated carbocycles. The van der Waals surface area contributed by atoms with Gasteiger partial charge in [0, 0.05) is 0 Å². The monoisotopic (exact) mass is 389 g/mol. The number of nitrogens with zero attached hydrogens (tertiary/aromatic N) is 1. The van der Waals surface area contributed by atoms with Gasteiger partial charge < -0.3 is 9.47 Å². The molecular formula is C18H16FN3O4S. The maximum absolute atomic E-state index is 13.4. The minimum Gasteiger partial charge on any atom is -0.481 e. The summed E-state index contributed by atoms with van der Waals surface area (Å²) in [5.41, 5.74) is 5.24. The highest BCUT2D eigenvalue weighted by Crippen LogP contribution is 2.21. The first-order valence-electron chi connectivity index (χ1n) is 7.99. The number of halogens is 1. The Morgan fingerprint density at radius 3 is 2.48 bits per heavy atom. The number of nitrogens with one attached hydrogen (secondary N) is 2. The molecule has 3 rings (SSSR count). The lowest BCUT2D eigenvalue weighted by Crippen LogP contribution is -2.45. The Morgan fingerprint density at radius 1 is 1.00 bits per heavy atom. The Labute approximate surface area is 158 Å². The summed E-state index contributed by atoms with van der Waals surface area (Å²) in [4.78, 5) is 27.7. The summed E-state index contributed by atoms with van der Waals surface area (Å²) in [5, 5.41) is 0.756. The van der Waals surface area contributed by atoms with Gasteiger partial charge in [-0.15, -0.1) is 11.3 Å². The number of benzene rings is 2. The molecule has 1 heterocycles. The molecule has 0 bridgehead atoms. The zero-order valence-corrected chi connectivity index (χ0v) is 14.9. The fraction of sp³-hybridized carbons (Fsp3) is 0.167. The molecule has 27 heavy (non-hydrogen) atoms. The number of ether oxygens (including phenoxy) is 2. The quantitative estimate of drug-likeness (QED) is 0.605. The van der Waals surface area contributed by atoms with Crippen LogP contribution in [0.2, 0.25) is 0 Å². The van der Waals surface area contributed by atoms with Gasteiger partial charge in [0.25, 0.3) is 11.8 Å². The molecule has 3 aromatic rings. The summed E-state index contributed by atoms with van der Waals surface area (Å²) in [5.74, 6) is -1.77. The number of fused-ring (bicyclic) bond motifs is 1.